The Labute approximate surface area is 181 Å². The number of carbonyl (C=O) groups is 1. The maximum absolute atomic E-state index is 12.7. The number of hydrogen-bond donors (Lipinski definition) is 1. The first-order valence-electron chi connectivity index (χ1n) is 10.7. The quantitative estimate of drug-likeness (QED) is 0.616. The lowest BCUT2D eigenvalue weighted by Gasteiger charge is -2.26. The zero-order valence-corrected chi connectivity index (χ0v) is 18.5. The molecule has 0 radical (unpaired) electrons. The van der Waals surface area contributed by atoms with Gasteiger partial charge >= 0.3 is 0 Å². The summed E-state index contributed by atoms with van der Waals surface area (Å²) in [6, 6.07) is 10.3. The number of aromatic nitrogens is 3. The Morgan fingerprint density at radius 2 is 1.87 bits per heavy atom. The van der Waals surface area contributed by atoms with Crippen LogP contribution >= 0.6 is 11.3 Å². The Bertz CT molecular complexity index is 985. The second-order valence-electron chi connectivity index (χ2n) is 8.04. The van der Waals surface area contributed by atoms with Crippen molar-refractivity contribution in [2.75, 3.05) is 25.0 Å². The number of nitrogens with zero attached hydrogens (tertiary/aromatic N) is 4. The Hall–Kier alpha value is -2.51. The minimum Gasteiger partial charge on any atom is -0.301 e. The third-order valence-corrected chi connectivity index (χ3v) is 6.48. The Balaban J connectivity index is 1.33. The zero-order chi connectivity index (χ0) is 20.9. The van der Waals surface area contributed by atoms with Crippen LogP contribution in [0.2, 0.25) is 0 Å². The van der Waals surface area contributed by atoms with Gasteiger partial charge in [-0.05, 0) is 51.4 Å². The molecule has 3 aromatic rings. The van der Waals surface area contributed by atoms with Gasteiger partial charge in [-0.3, -0.25) is 14.8 Å². The molecule has 0 saturated carbocycles. The summed E-state index contributed by atoms with van der Waals surface area (Å²) in [5, 5.41) is 8.04. The molecule has 0 atom stereocenters. The van der Waals surface area contributed by atoms with Gasteiger partial charge in [0.1, 0.15) is 0 Å². The van der Waals surface area contributed by atoms with Gasteiger partial charge in [-0.25, -0.2) is 4.98 Å². The van der Waals surface area contributed by atoms with Crippen molar-refractivity contribution in [2.45, 2.75) is 46.1 Å². The van der Waals surface area contributed by atoms with Crippen LogP contribution < -0.4 is 5.32 Å². The number of piperidine rings is 1. The highest BCUT2D eigenvalue weighted by Gasteiger charge is 2.16. The SMILES string of the molecule is Cc1ccc(Cc2cnc(NC(=O)c3cc(C)n(CCN4CCCCC4)n3)s2)cc1. The van der Waals surface area contributed by atoms with E-state index in [2.05, 4.69) is 51.5 Å². The first-order chi connectivity index (χ1) is 14.6. The summed E-state index contributed by atoms with van der Waals surface area (Å²) in [6.07, 6.45) is 6.56. The number of aryl methyl sites for hydroxylation is 2. The van der Waals surface area contributed by atoms with Crippen LogP contribution in [-0.4, -0.2) is 45.2 Å². The molecule has 1 aliphatic rings. The van der Waals surface area contributed by atoms with Gasteiger partial charge in [0.05, 0.1) is 6.54 Å². The topological polar surface area (TPSA) is 63.1 Å². The van der Waals surface area contributed by atoms with Gasteiger partial charge in [0.15, 0.2) is 10.8 Å². The summed E-state index contributed by atoms with van der Waals surface area (Å²) in [5.74, 6) is -0.203. The van der Waals surface area contributed by atoms with Gasteiger partial charge in [-0.15, -0.1) is 11.3 Å². The van der Waals surface area contributed by atoms with E-state index in [1.54, 1.807) is 0 Å². The molecule has 3 heterocycles. The summed E-state index contributed by atoms with van der Waals surface area (Å²) in [7, 11) is 0. The average molecular weight is 424 g/mol. The molecule has 7 heteroatoms. The van der Waals surface area contributed by atoms with Crippen LogP contribution in [0.3, 0.4) is 0 Å². The van der Waals surface area contributed by atoms with E-state index in [0.29, 0.717) is 10.8 Å². The van der Waals surface area contributed by atoms with Gasteiger partial charge < -0.3 is 4.90 Å². The third kappa shape index (κ3) is 5.34. The van der Waals surface area contributed by atoms with Crippen LogP contribution in [0.5, 0.6) is 0 Å². The predicted molar refractivity (Wildman–Crippen MR) is 121 cm³/mol. The Kier molecular flexibility index (Phi) is 6.59. The molecule has 0 spiro atoms. The molecule has 30 heavy (non-hydrogen) atoms. The lowest BCUT2D eigenvalue weighted by molar-refractivity contribution is 0.102. The van der Waals surface area contributed by atoms with Gasteiger partial charge in [0.2, 0.25) is 0 Å². The summed E-state index contributed by atoms with van der Waals surface area (Å²) in [5.41, 5.74) is 3.95. The minimum atomic E-state index is -0.203. The van der Waals surface area contributed by atoms with E-state index < -0.39 is 0 Å². The van der Waals surface area contributed by atoms with Gasteiger partial charge in [0.25, 0.3) is 5.91 Å². The summed E-state index contributed by atoms with van der Waals surface area (Å²) in [4.78, 5) is 20.6. The van der Waals surface area contributed by atoms with Crippen LogP contribution in [0.1, 0.15) is 51.4 Å². The highest BCUT2D eigenvalue weighted by molar-refractivity contribution is 7.15. The maximum Gasteiger partial charge on any atom is 0.277 e. The number of hydrogen-bond acceptors (Lipinski definition) is 5. The van der Waals surface area contributed by atoms with Crippen LogP contribution in [-0.2, 0) is 13.0 Å². The second kappa shape index (κ2) is 9.53. The number of carbonyl (C=O) groups excluding carboxylic acids is 1. The molecule has 0 unspecified atom stereocenters. The Morgan fingerprint density at radius 3 is 2.63 bits per heavy atom. The van der Waals surface area contributed by atoms with Gasteiger partial charge in [-0.2, -0.15) is 5.10 Å². The zero-order valence-electron chi connectivity index (χ0n) is 17.7. The fraction of sp³-hybridized carbons (Fsp3) is 0.435. The number of rotatable bonds is 7. The van der Waals surface area contributed by atoms with Crippen molar-refractivity contribution >= 4 is 22.4 Å². The molecule has 0 bridgehead atoms. The number of thiazole rings is 1. The number of benzene rings is 1. The molecule has 1 fully saturated rings. The lowest BCUT2D eigenvalue weighted by Crippen LogP contribution is -2.33. The molecule has 1 aromatic carbocycles. The maximum atomic E-state index is 12.7. The molecule has 2 aromatic heterocycles. The molecule has 1 saturated heterocycles. The second-order valence-corrected chi connectivity index (χ2v) is 9.16. The van der Waals surface area contributed by atoms with E-state index in [9.17, 15) is 4.79 Å². The first-order valence-corrected chi connectivity index (χ1v) is 11.5. The van der Waals surface area contributed by atoms with Gasteiger partial charge in [-0.1, -0.05) is 36.2 Å². The number of nitrogens with one attached hydrogen (secondary N) is 1. The van der Waals surface area contributed by atoms with E-state index >= 15 is 0 Å². The predicted octanol–water partition coefficient (Wildman–Crippen LogP) is 4.29. The van der Waals surface area contributed by atoms with Crippen molar-refractivity contribution < 1.29 is 4.79 Å². The van der Waals surface area contributed by atoms with E-state index in [-0.39, 0.29) is 5.91 Å². The normalized spacial score (nSPS) is 14.7. The summed E-state index contributed by atoms with van der Waals surface area (Å²) in [6.45, 7) is 8.23. The molecule has 158 valence electrons. The fourth-order valence-corrected chi connectivity index (χ4v) is 4.62. The van der Waals surface area contributed by atoms with E-state index in [4.69, 9.17) is 0 Å². The van der Waals surface area contributed by atoms with Crippen molar-refractivity contribution in [3.8, 4) is 0 Å². The van der Waals surface area contributed by atoms with E-state index in [1.807, 2.05) is 23.9 Å². The first kappa shape index (κ1) is 20.8. The number of amides is 1. The largest absolute Gasteiger partial charge is 0.301 e. The summed E-state index contributed by atoms with van der Waals surface area (Å²) >= 11 is 1.51. The highest BCUT2D eigenvalue weighted by Crippen LogP contribution is 2.22. The molecule has 1 amide bonds. The van der Waals surface area contributed by atoms with Crippen LogP contribution in [0.25, 0.3) is 0 Å². The van der Waals surface area contributed by atoms with Crippen LogP contribution in [0.4, 0.5) is 5.13 Å². The number of anilines is 1. The van der Waals surface area contributed by atoms with Crippen molar-refractivity contribution in [1.29, 1.82) is 0 Å². The monoisotopic (exact) mass is 423 g/mol. The van der Waals surface area contributed by atoms with Crippen molar-refractivity contribution in [3.63, 3.8) is 0 Å². The third-order valence-electron chi connectivity index (χ3n) is 5.56. The molecule has 1 N–H and O–H groups in total. The highest BCUT2D eigenvalue weighted by atomic mass is 32.1. The molecule has 0 aliphatic carbocycles. The van der Waals surface area contributed by atoms with Crippen molar-refractivity contribution in [2.24, 2.45) is 0 Å². The smallest absolute Gasteiger partial charge is 0.277 e. The molecular formula is C23H29N5OS. The standard InChI is InChI=1S/C23H29N5OS/c1-17-6-8-19(9-7-17)15-20-16-24-23(30-20)25-22(29)21-14-18(2)28(26-21)13-12-27-10-4-3-5-11-27/h6-9,14,16H,3-5,10-13,15H2,1-2H3,(H,24,25,29). The fourth-order valence-electron chi connectivity index (χ4n) is 3.78. The summed E-state index contributed by atoms with van der Waals surface area (Å²) < 4.78 is 1.94. The van der Waals surface area contributed by atoms with Gasteiger partial charge in [0, 0.05) is 29.7 Å². The van der Waals surface area contributed by atoms with E-state index in [1.165, 1.54) is 54.8 Å². The molecule has 4 rings (SSSR count). The molecular weight excluding hydrogens is 394 g/mol. The average Bonchev–Trinajstić information content (AvgIpc) is 3.35. The van der Waals surface area contributed by atoms with Crippen LogP contribution in [0, 0.1) is 13.8 Å². The Morgan fingerprint density at radius 1 is 1.10 bits per heavy atom. The molecule has 6 nitrogen and oxygen atoms in total. The van der Waals surface area contributed by atoms with E-state index in [0.717, 1.165) is 30.1 Å². The number of likely N-dealkylation sites (tertiary alicyclic amines) is 1. The van der Waals surface area contributed by atoms with Crippen LogP contribution in [0.15, 0.2) is 36.5 Å². The van der Waals surface area contributed by atoms with Crippen molar-refractivity contribution in [3.05, 3.63) is 63.9 Å². The lowest BCUT2D eigenvalue weighted by atomic mass is 10.1. The minimum absolute atomic E-state index is 0.203. The molecule has 1 aliphatic heterocycles. The van der Waals surface area contributed by atoms with Crippen molar-refractivity contribution in [1.82, 2.24) is 19.7 Å².